The molecule has 8 nitrogen and oxygen atoms in total. The Bertz CT molecular complexity index is 690. The van der Waals surface area contributed by atoms with Crippen LogP contribution in [0.2, 0.25) is 0 Å². The molecule has 3 saturated heterocycles. The number of nitrogens with one attached hydrogen (secondary N) is 1. The van der Waals surface area contributed by atoms with Gasteiger partial charge in [0.2, 0.25) is 11.8 Å². The van der Waals surface area contributed by atoms with E-state index in [1.165, 1.54) is 0 Å². The number of ether oxygens (including phenoxy) is 2. The van der Waals surface area contributed by atoms with Crippen LogP contribution in [0.25, 0.3) is 0 Å². The Kier molecular flexibility index (Phi) is 9.40. The zero-order valence-electron chi connectivity index (χ0n) is 22.5. The number of nitrogens with zero attached hydrogens (tertiary/aromatic N) is 3. The maximum absolute atomic E-state index is 13.9. The van der Waals surface area contributed by atoms with Gasteiger partial charge in [0.05, 0.1) is 19.3 Å². The highest BCUT2D eigenvalue weighted by molar-refractivity contribution is 5.90. The van der Waals surface area contributed by atoms with Crippen LogP contribution < -0.4 is 5.32 Å². The van der Waals surface area contributed by atoms with Crippen LogP contribution in [0.15, 0.2) is 0 Å². The molecular formula is C26H48N4O4. The molecule has 0 aromatic rings. The van der Waals surface area contributed by atoms with Gasteiger partial charge in [0.25, 0.3) is 0 Å². The fourth-order valence-electron chi connectivity index (χ4n) is 5.74. The van der Waals surface area contributed by atoms with Gasteiger partial charge in [-0.25, -0.2) is 0 Å². The van der Waals surface area contributed by atoms with E-state index in [0.29, 0.717) is 63.3 Å². The molecule has 3 atom stereocenters. The van der Waals surface area contributed by atoms with Crippen molar-refractivity contribution < 1.29 is 19.1 Å². The first-order valence-corrected chi connectivity index (χ1v) is 13.3. The van der Waals surface area contributed by atoms with Crippen LogP contribution in [-0.2, 0) is 19.1 Å². The zero-order valence-corrected chi connectivity index (χ0v) is 22.5. The van der Waals surface area contributed by atoms with Crippen LogP contribution in [0.5, 0.6) is 0 Å². The molecule has 196 valence electrons. The summed E-state index contributed by atoms with van der Waals surface area (Å²) in [5.41, 5.74) is 0. The lowest BCUT2D eigenvalue weighted by molar-refractivity contribution is -0.303. The van der Waals surface area contributed by atoms with Gasteiger partial charge in [-0.3, -0.25) is 9.59 Å². The lowest BCUT2D eigenvalue weighted by Crippen LogP contribution is -2.64. The first kappa shape index (κ1) is 27.4. The second-order valence-corrected chi connectivity index (χ2v) is 11.8. The summed E-state index contributed by atoms with van der Waals surface area (Å²) in [6, 6.07) is -0.596. The van der Waals surface area contributed by atoms with Crippen LogP contribution in [0.1, 0.15) is 60.3 Å². The summed E-state index contributed by atoms with van der Waals surface area (Å²) in [6.45, 7) is 14.9. The van der Waals surface area contributed by atoms with Gasteiger partial charge in [-0.1, -0.05) is 27.7 Å². The number of hydrogen-bond donors (Lipinski definition) is 1. The van der Waals surface area contributed by atoms with Crippen molar-refractivity contribution in [3.05, 3.63) is 0 Å². The third-order valence-electron chi connectivity index (χ3n) is 7.33. The van der Waals surface area contributed by atoms with Crippen molar-refractivity contribution in [2.75, 3.05) is 53.5 Å². The monoisotopic (exact) mass is 480 g/mol. The Labute approximate surface area is 206 Å². The second kappa shape index (κ2) is 11.7. The van der Waals surface area contributed by atoms with Gasteiger partial charge in [0, 0.05) is 51.0 Å². The SMILES string of the molecule is CC(C)C[C@@H]1NCCN([C@@H](CC(C)C)C(=O)N2CCC3(C[C@@H]2C)OCC(CN(C)C)CO3)C1=O. The van der Waals surface area contributed by atoms with Gasteiger partial charge in [-0.15, -0.1) is 0 Å². The molecule has 3 rings (SSSR count). The Morgan fingerprint density at radius 3 is 2.38 bits per heavy atom. The fourth-order valence-corrected chi connectivity index (χ4v) is 5.74. The Hall–Kier alpha value is -1.22. The molecule has 3 aliphatic rings. The van der Waals surface area contributed by atoms with Crippen LogP contribution in [-0.4, -0.2) is 104 Å². The lowest BCUT2D eigenvalue weighted by Gasteiger charge is -2.49. The molecule has 1 N–H and O–H groups in total. The first-order valence-electron chi connectivity index (χ1n) is 13.3. The topological polar surface area (TPSA) is 74.3 Å². The second-order valence-electron chi connectivity index (χ2n) is 11.8. The standard InChI is InChI=1S/C26H48N4O4/c1-18(2)12-22-24(31)30(11-9-27-22)23(13-19(3)4)25(32)29-10-8-26(14-20(29)5)33-16-21(17-34-26)15-28(6)7/h18-23,27H,8-17H2,1-7H3/t20-,21?,22-,23-,26?/m0/s1. The Balaban J connectivity index is 1.67. The number of carbonyl (C=O) groups is 2. The number of carbonyl (C=O) groups excluding carboxylic acids is 2. The molecule has 2 amide bonds. The third-order valence-corrected chi connectivity index (χ3v) is 7.33. The zero-order chi connectivity index (χ0) is 25.0. The van der Waals surface area contributed by atoms with Gasteiger partial charge in [-0.2, -0.15) is 0 Å². The first-order chi connectivity index (χ1) is 16.0. The summed E-state index contributed by atoms with van der Waals surface area (Å²) in [6.07, 6.45) is 2.83. The number of piperazine rings is 1. The smallest absolute Gasteiger partial charge is 0.245 e. The van der Waals surface area contributed by atoms with Gasteiger partial charge in [0.15, 0.2) is 5.79 Å². The molecule has 0 aliphatic carbocycles. The van der Waals surface area contributed by atoms with Gasteiger partial charge >= 0.3 is 0 Å². The van der Waals surface area contributed by atoms with Gasteiger partial charge in [-0.05, 0) is 45.7 Å². The molecule has 3 fully saturated rings. The van der Waals surface area contributed by atoms with Crippen molar-refractivity contribution in [3.8, 4) is 0 Å². The van der Waals surface area contributed by atoms with Gasteiger partial charge in [0.1, 0.15) is 6.04 Å². The highest BCUT2D eigenvalue weighted by atomic mass is 16.7. The van der Waals surface area contributed by atoms with Crippen molar-refractivity contribution in [1.82, 2.24) is 20.0 Å². The van der Waals surface area contributed by atoms with Crippen LogP contribution >= 0.6 is 0 Å². The molecule has 0 aromatic carbocycles. The summed E-state index contributed by atoms with van der Waals surface area (Å²) >= 11 is 0. The van der Waals surface area contributed by atoms with Crippen LogP contribution in [0.4, 0.5) is 0 Å². The van der Waals surface area contributed by atoms with Crippen molar-refractivity contribution in [1.29, 1.82) is 0 Å². The molecule has 3 heterocycles. The van der Waals surface area contributed by atoms with E-state index in [9.17, 15) is 9.59 Å². The minimum absolute atomic E-state index is 0.00536. The molecule has 0 bridgehead atoms. The molecule has 34 heavy (non-hydrogen) atoms. The van der Waals surface area contributed by atoms with E-state index in [0.717, 1.165) is 19.5 Å². The summed E-state index contributed by atoms with van der Waals surface area (Å²) < 4.78 is 12.5. The van der Waals surface area contributed by atoms with E-state index in [2.05, 4.69) is 58.9 Å². The number of rotatable bonds is 8. The largest absolute Gasteiger partial charge is 0.349 e. The van der Waals surface area contributed by atoms with E-state index in [1.54, 1.807) is 0 Å². The fraction of sp³-hybridized carbons (Fsp3) is 0.923. The molecular weight excluding hydrogens is 432 g/mol. The van der Waals surface area contributed by atoms with Crippen LogP contribution in [0.3, 0.4) is 0 Å². The molecule has 0 unspecified atom stereocenters. The van der Waals surface area contributed by atoms with E-state index in [1.807, 2.05) is 9.80 Å². The average Bonchev–Trinajstić information content (AvgIpc) is 2.74. The molecule has 3 aliphatic heterocycles. The molecule has 0 radical (unpaired) electrons. The maximum Gasteiger partial charge on any atom is 0.245 e. The lowest BCUT2D eigenvalue weighted by atomic mass is 9.92. The van der Waals surface area contributed by atoms with Crippen LogP contribution in [0, 0.1) is 17.8 Å². The van der Waals surface area contributed by atoms with Crippen molar-refractivity contribution in [3.63, 3.8) is 0 Å². The number of likely N-dealkylation sites (tertiary alicyclic amines) is 1. The van der Waals surface area contributed by atoms with E-state index >= 15 is 0 Å². The van der Waals surface area contributed by atoms with Gasteiger partial charge < -0.3 is 29.5 Å². The molecule has 1 spiro atoms. The average molecular weight is 481 g/mol. The summed E-state index contributed by atoms with van der Waals surface area (Å²) in [5, 5.41) is 3.37. The number of amides is 2. The predicted octanol–water partition coefficient (Wildman–Crippen LogP) is 2.18. The highest BCUT2D eigenvalue weighted by Crippen LogP contribution is 2.36. The minimum atomic E-state index is -0.584. The highest BCUT2D eigenvalue weighted by Gasteiger charge is 2.47. The normalized spacial score (nSPS) is 31.7. The molecule has 0 saturated carbocycles. The van der Waals surface area contributed by atoms with Crippen molar-refractivity contribution >= 4 is 11.8 Å². The quantitative estimate of drug-likeness (QED) is 0.574. The Morgan fingerprint density at radius 2 is 1.82 bits per heavy atom. The van der Waals surface area contributed by atoms with E-state index in [4.69, 9.17) is 9.47 Å². The molecule has 8 heteroatoms. The third kappa shape index (κ3) is 6.71. The van der Waals surface area contributed by atoms with E-state index in [-0.39, 0.29) is 23.9 Å². The van der Waals surface area contributed by atoms with Crippen molar-refractivity contribution in [2.45, 2.75) is 84.2 Å². The maximum atomic E-state index is 13.9. The minimum Gasteiger partial charge on any atom is -0.349 e. The summed E-state index contributed by atoms with van der Waals surface area (Å²) in [5.74, 6) is 0.696. The number of hydrogen-bond acceptors (Lipinski definition) is 6. The summed E-state index contributed by atoms with van der Waals surface area (Å²) in [7, 11) is 4.14. The predicted molar refractivity (Wildman–Crippen MR) is 133 cm³/mol. The van der Waals surface area contributed by atoms with Crippen molar-refractivity contribution in [2.24, 2.45) is 17.8 Å². The Morgan fingerprint density at radius 1 is 1.15 bits per heavy atom. The summed E-state index contributed by atoms with van der Waals surface area (Å²) in [4.78, 5) is 33.2. The van der Waals surface area contributed by atoms with E-state index < -0.39 is 11.8 Å². The number of piperidine rings is 1. The molecule has 0 aromatic heterocycles.